The Kier molecular flexibility index (Phi) is 7.22. The van der Waals surface area contributed by atoms with Gasteiger partial charge in [0, 0.05) is 49.7 Å². The van der Waals surface area contributed by atoms with Gasteiger partial charge in [-0.3, -0.25) is 19.3 Å². The number of H-pyrrole nitrogens is 1. The van der Waals surface area contributed by atoms with Gasteiger partial charge >= 0.3 is 5.76 Å². The molecule has 3 fully saturated rings. The summed E-state index contributed by atoms with van der Waals surface area (Å²) in [7, 11) is 0. The van der Waals surface area contributed by atoms with Crippen LogP contribution < -0.4 is 10.7 Å². The van der Waals surface area contributed by atoms with E-state index in [4.69, 9.17) is 26.1 Å². The van der Waals surface area contributed by atoms with Crippen molar-refractivity contribution in [3.05, 3.63) is 40.1 Å². The molecule has 4 aromatic heterocycles. The minimum absolute atomic E-state index is 0.109. The predicted molar refractivity (Wildman–Crippen MR) is 164 cm³/mol. The highest BCUT2D eigenvalue weighted by atomic mass is 35.5. The lowest BCUT2D eigenvalue weighted by Gasteiger charge is -2.45. The molecule has 2 saturated carbocycles. The van der Waals surface area contributed by atoms with Crippen molar-refractivity contribution in [2.45, 2.75) is 83.6 Å². The normalized spacial score (nSPS) is 25.0. The Bertz CT molecular complexity index is 1760. The molecule has 1 aliphatic heterocycles. The fraction of sp³-hybridized carbons (Fsp3) is 0.548. The van der Waals surface area contributed by atoms with Gasteiger partial charge in [-0.05, 0) is 63.5 Å². The maximum absolute atomic E-state index is 14.8. The summed E-state index contributed by atoms with van der Waals surface area (Å²) >= 11 is 6.40. The number of amides is 1. The van der Waals surface area contributed by atoms with Crippen LogP contribution in [0.25, 0.3) is 33.8 Å². The molecule has 3 aliphatic rings. The summed E-state index contributed by atoms with van der Waals surface area (Å²) in [4.78, 5) is 45.8. The average molecular weight is 623 g/mol. The number of piperazine rings is 1. The van der Waals surface area contributed by atoms with Crippen LogP contribution in [0, 0.1) is 11.8 Å². The first-order valence-electron chi connectivity index (χ1n) is 15.4. The molecule has 232 valence electrons. The minimum Gasteiger partial charge on any atom is -0.336 e. The number of hydrogen-bond acceptors (Lipinski definition) is 8. The van der Waals surface area contributed by atoms with E-state index >= 15 is 0 Å². The Hall–Kier alpha value is -3.80. The van der Waals surface area contributed by atoms with Crippen molar-refractivity contribution < 1.29 is 13.7 Å². The van der Waals surface area contributed by atoms with Gasteiger partial charge in [0.15, 0.2) is 5.67 Å². The summed E-state index contributed by atoms with van der Waals surface area (Å²) in [6, 6.07) is 3.40. The zero-order valence-electron chi connectivity index (χ0n) is 25.1. The quantitative estimate of drug-likeness (QED) is 0.309. The first-order chi connectivity index (χ1) is 21.1. The van der Waals surface area contributed by atoms with Gasteiger partial charge in [0.25, 0.3) is 5.91 Å². The topological polar surface area (TPSA) is 126 Å². The summed E-state index contributed by atoms with van der Waals surface area (Å²) in [5.74, 6) is 1.06. The molecule has 0 unspecified atom stereocenters. The number of halogens is 2. The molecule has 0 radical (unpaired) electrons. The van der Waals surface area contributed by atoms with Gasteiger partial charge in [-0.15, -0.1) is 0 Å². The van der Waals surface area contributed by atoms with Crippen LogP contribution >= 0.6 is 11.6 Å². The zero-order chi connectivity index (χ0) is 30.7. The molecule has 1 N–H and O–H groups in total. The van der Waals surface area contributed by atoms with E-state index in [0.29, 0.717) is 65.3 Å². The van der Waals surface area contributed by atoms with E-state index in [1.54, 1.807) is 17.3 Å². The fourth-order valence-electron chi connectivity index (χ4n) is 6.98. The third-order valence-electron chi connectivity index (χ3n) is 9.45. The van der Waals surface area contributed by atoms with Gasteiger partial charge in [0.05, 0.1) is 21.7 Å². The van der Waals surface area contributed by atoms with E-state index in [2.05, 4.69) is 45.4 Å². The third-order valence-corrected chi connectivity index (χ3v) is 9.66. The van der Waals surface area contributed by atoms with Crippen LogP contribution in [-0.2, 0) is 11.3 Å². The molecular formula is C31H36ClFN8O3. The number of carbonyl (C=O) groups excluding carboxylic acids is 1. The van der Waals surface area contributed by atoms with Crippen LogP contribution in [0.4, 0.5) is 10.3 Å². The number of nitrogens with one attached hydrogen (secondary N) is 1. The lowest BCUT2D eigenvalue weighted by molar-refractivity contribution is -0.139. The van der Waals surface area contributed by atoms with E-state index in [1.807, 2.05) is 12.1 Å². The van der Waals surface area contributed by atoms with Crippen molar-refractivity contribution in [3.63, 3.8) is 0 Å². The molecule has 7 rings (SSSR count). The van der Waals surface area contributed by atoms with E-state index < -0.39 is 17.3 Å². The highest BCUT2D eigenvalue weighted by Gasteiger charge is 2.54. The third kappa shape index (κ3) is 5.27. The number of aromatic amines is 1. The van der Waals surface area contributed by atoms with Crippen LogP contribution in [0.2, 0.25) is 5.02 Å². The second-order valence-electron chi connectivity index (χ2n) is 13.0. The molecule has 2 aliphatic carbocycles. The van der Waals surface area contributed by atoms with Gasteiger partial charge in [-0.25, -0.2) is 19.2 Å². The first kappa shape index (κ1) is 28.9. The molecule has 13 heteroatoms. The summed E-state index contributed by atoms with van der Waals surface area (Å²) in [5, 5.41) is 4.35. The number of pyridine rings is 2. The largest absolute Gasteiger partial charge is 0.439 e. The molecular weight excluding hydrogens is 587 g/mol. The average Bonchev–Trinajstić information content (AvgIpc) is 3.43. The van der Waals surface area contributed by atoms with E-state index in [-0.39, 0.29) is 17.9 Å². The molecule has 1 saturated heterocycles. The maximum atomic E-state index is 14.8. The number of carbonyl (C=O) groups is 1. The maximum Gasteiger partial charge on any atom is 0.439 e. The van der Waals surface area contributed by atoms with Gasteiger partial charge in [-0.2, -0.15) is 0 Å². The van der Waals surface area contributed by atoms with Crippen LogP contribution in [0.3, 0.4) is 0 Å². The lowest BCUT2D eigenvalue weighted by Crippen LogP contribution is -2.60. The summed E-state index contributed by atoms with van der Waals surface area (Å²) in [6.07, 6.45) is 8.48. The summed E-state index contributed by atoms with van der Waals surface area (Å²) in [6.45, 7) is 8.00. The van der Waals surface area contributed by atoms with Crippen molar-refractivity contribution in [1.29, 1.82) is 0 Å². The molecule has 0 aromatic carbocycles. The smallest absolute Gasteiger partial charge is 0.336 e. The number of rotatable bonds is 6. The summed E-state index contributed by atoms with van der Waals surface area (Å²) in [5.41, 5.74) is 1.52. The van der Waals surface area contributed by atoms with Crippen molar-refractivity contribution in [1.82, 2.24) is 34.6 Å². The van der Waals surface area contributed by atoms with Crippen molar-refractivity contribution >= 4 is 34.5 Å². The Morgan fingerprint density at radius 1 is 1.09 bits per heavy atom. The number of imidazole rings is 1. The van der Waals surface area contributed by atoms with Crippen LogP contribution in [0.15, 0.2) is 33.8 Å². The molecule has 44 heavy (non-hydrogen) atoms. The van der Waals surface area contributed by atoms with Crippen LogP contribution in [0.1, 0.15) is 59.3 Å². The van der Waals surface area contributed by atoms with E-state index in [1.165, 1.54) is 12.8 Å². The zero-order valence-corrected chi connectivity index (χ0v) is 25.8. The van der Waals surface area contributed by atoms with E-state index in [0.717, 1.165) is 30.9 Å². The van der Waals surface area contributed by atoms with Crippen molar-refractivity contribution in [2.75, 3.05) is 18.0 Å². The monoisotopic (exact) mass is 622 g/mol. The molecule has 4 aromatic rings. The van der Waals surface area contributed by atoms with Gasteiger partial charge in [0.2, 0.25) is 11.8 Å². The van der Waals surface area contributed by atoms with Gasteiger partial charge < -0.3 is 14.4 Å². The molecule has 11 nitrogen and oxygen atoms in total. The number of alkyl halides is 1. The Morgan fingerprint density at radius 3 is 2.45 bits per heavy atom. The predicted octanol–water partition coefficient (Wildman–Crippen LogP) is 5.24. The van der Waals surface area contributed by atoms with Crippen molar-refractivity contribution in [2.24, 2.45) is 11.8 Å². The van der Waals surface area contributed by atoms with Gasteiger partial charge in [0.1, 0.15) is 5.69 Å². The minimum atomic E-state index is -1.70. The molecule has 5 heterocycles. The summed E-state index contributed by atoms with van der Waals surface area (Å²) < 4.78 is 21.8. The molecule has 2 atom stereocenters. The number of fused-ring (bicyclic) bond motifs is 1. The Balaban J connectivity index is 1.38. The molecule has 1 amide bonds. The molecule has 0 bridgehead atoms. The lowest BCUT2D eigenvalue weighted by atomic mass is 9.83. The second-order valence-corrected chi connectivity index (χ2v) is 13.4. The Morgan fingerprint density at radius 2 is 1.82 bits per heavy atom. The number of anilines is 1. The highest BCUT2D eigenvalue weighted by Crippen LogP contribution is 2.43. The van der Waals surface area contributed by atoms with Crippen LogP contribution in [0.5, 0.6) is 0 Å². The second kappa shape index (κ2) is 11.0. The number of nitrogens with zero attached hydrogens (tertiary/aromatic N) is 7. The standard InChI is InChI=1S/C31H36ClFN8O3/c1-17-4-6-20(7-5-17)16-40-26-23(36-29(40)41-18(2)14-39(15-19(41)3)28(42)31(33)8-9-31)11-24(27-37-30(43)44-38-27)35-25(26)21-10-22(32)13-34-12-21/h10-13,17-20H,4-9,14-16H2,1-3H3,(H,37,38,43)/t17?,18-,19-,20?/m0/s1. The van der Waals surface area contributed by atoms with Crippen LogP contribution in [-0.4, -0.2) is 71.3 Å². The van der Waals surface area contributed by atoms with E-state index in [9.17, 15) is 14.0 Å². The first-order valence-corrected chi connectivity index (χ1v) is 15.8. The fourth-order valence-corrected chi connectivity index (χ4v) is 7.15. The number of hydrogen-bond donors (Lipinski definition) is 1. The Labute approximate surface area is 258 Å². The highest BCUT2D eigenvalue weighted by molar-refractivity contribution is 6.30. The molecule has 0 spiro atoms. The number of aromatic nitrogens is 6. The SMILES string of the molecule is CC1CCC(Cn2c(N3[C@@H](C)CN(C(=O)C4(F)CC4)C[C@@H]3C)nc3cc(-c4noc(=O)[nH]4)nc(-c4cncc(Cl)c4)c32)CC1. The van der Waals surface area contributed by atoms with Gasteiger partial charge in [-0.1, -0.05) is 36.5 Å². The van der Waals surface area contributed by atoms with Crippen molar-refractivity contribution in [3.8, 4) is 22.8 Å².